The maximum atomic E-state index is 12.9. The van der Waals surface area contributed by atoms with Crippen molar-refractivity contribution in [2.45, 2.75) is 40.3 Å². The van der Waals surface area contributed by atoms with E-state index in [4.69, 9.17) is 0 Å². The number of hydrogen-bond acceptors (Lipinski definition) is 1. The van der Waals surface area contributed by atoms with Crippen LogP contribution in [-0.2, 0) is 17.4 Å². The van der Waals surface area contributed by atoms with Crippen LogP contribution in [0.15, 0.2) is 36.4 Å². The van der Waals surface area contributed by atoms with Crippen LogP contribution >= 0.6 is 0 Å². The average molecular weight is 361 g/mol. The van der Waals surface area contributed by atoms with Crippen molar-refractivity contribution in [3.8, 4) is 11.1 Å². The summed E-state index contributed by atoms with van der Waals surface area (Å²) in [5.74, 6) is 0.0215. The van der Waals surface area contributed by atoms with Gasteiger partial charge in [-0.2, -0.15) is 13.2 Å². The summed E-state index contributed by atoms with van der Waals surface area (Å²) >= 11 is 0. The molecule has 1 aliphatic rings. The zero-order valence-electron chi connectivity index (χ0n) is 15.4. The van der Waals surface area contributed by atoms with Gasteiger partial charge < -0.3 is 4.90 Å². The molecule has 0 fully saturated rings. The Hall–Kier alpha value is -2.30. The van der Waals surface area contributed by atoms with Crippen molar-refractivity contribution in [1.82, 2.24) is 0 Å². The first-order valence-corrected chi connectivity index (χ1v) is 8.61. The lowest BCUT2D eigenvalue weighted by atomic mass is 9.93. The van der Waals surface area contributed by atoms with Crippen molar-refractivity contribution in [1.29, 1.82) is 0 Å². The highest BCUT2D eigenvalue weighted by Crippen LogP contribution is 2.41. The third kappa shape index (κ3) is 3.35. The molecule has 1 aliphatic heterocycles. The van der Waals surface area contributed by atoms with E-state index in [-0.39, 0.29) is 5.91 Å². The average Bonchev–Trinajstić information content (AvgIpc) is 2.95. The second kappa shape index (κ2) is 6.15. The van der Waals surface area contributed by atoms with Gasteiger partial charge in [0.05, 0.1) is 11.3 Å². The molecule has 1 amide bonds. The van der Waals surface area contributed by atoms with Gasteiger partial charge in [-0.1, -0.05) is 44.5 Å². The third-order valence-corrected chi connectivity index (χ3v) is 4.62. The lowest BCUT2D eigenvalue weighted by Crippen LogP contribution is -2.38. The van der Waals surface area contributed by atoms with E-state index in [9.17, 15) is 18.0 Å². The molecular weight excluding hydrogens is 339 g/mol. The third-order valence-electron chi connectivity index (χ3n) is 4.62. The number of carbonyl (C=O) groups is 1. The van der Waals surface area contributed by atoms with Crippen molar-refractivity contribution in [3.05, 3.63) is 53.1 Å². The number of fused-ring (bicyclic) bond motifs is 1. The van der Waals surface area contributed by atoms with Gasteiger partial charge in [-0.15, -0.1) is 0 Å². The van der Waals surface area contributed by atoms with Crippen LogP contribution in [0.5, 0.6) is 0 Å². The molecule has 0 N–H and O–H groups in total. The van der Waals surface area contributed by atoms with E-state index >= 15 is 0 Å². The highest BCUT2D eigenvalue weighted by atomic mass is 19.4. The summed E-state index contributed by atoms with van der Waals surface area (Å²) < 4.78 is 38.6. The first-order chi connectivity index (χ1) is 12.0. The number of amides is 1. The SMILES string of the molecule is Cc1cc2c(c(-c3ccc(C(F)(F)F)cc3)c1)N(C(=O)C(C)(C)C)CC2. The van der Waals surface area contributed by atoms with Crippen LogP contribution in [0.4, 0.5) is 18.9 Å². The van der Waals surface area contributed by atoms with Gasteiger partial charge in [-0.3, -0.25) is 4.79 Å². The molecule has 138 valence electrons. The van der Waals surface area contributed by atoms with Crippen molar-refractivity contribution in [2.24, 2.45) is 5.41 Å². The zero-order chi connectivity index (χ0) is 19.3. The molecule has 2 nitrogen and oxygen atoms in total. The van der Waals surface area contributed by atoms with Gasteiger partial charge >= 0.3 is 6.18 Å². The second-order valence-corrected chi connectivity index (χ2v) is 7.85. The molecule has 26 heavy (non-hydrogen) atoms. The number of nitrogens with zero attached hydrogens (tertiary/aromatic N) is 1. The van der Waals surface area contributed by atoms with Crippen molar-refractivity contribution >= 4 is 11.6 Å². The van der Waals surface area contributed by atoms with E-state index in [2.05, 4.69) is 6.07 Å². The van der Waals surface area contributed by atoms with E-state index in [0.29, 0.717) is 12.1 Å². The lowest BCUT2D eigenvalue weighted by molar-refractivity contribution is -0.137. The molecule has 0 saturated heterocycles. The number of benzene rings is 2. The molecule has 0 bridgehead atoms. The molecule has 0 saturated carbocycles. The van der Waals surface area contributed by atoms with Crippen LogP contribution in [0.2, 0.25) is 0 Å². The molecule has 5 heteroatoms. The first-order valence-electron chi connectivity index (χ1n) is 8.61. The lowest BCUT2D eigenvalue weighted by Gasteiger charge is -2.28. The molecule has 0 atom stereocenters. The molecule has 0 spiro atoms. The molecule has 2 aromatic carbocycles. The highest BCUT2D eigenvalue weighted by molar-refractivity contribution is 6.02. The first kappa shape index (κ1) is 18.5. The normalized spacial score (nSPS) is 14.5. The Kier molecular flexibility index (Phi) is 4.37. The van der Waals surface area contributed by atoms with Crippen LogP contribution in [0, 0.1) is 12.3 Å². The van der Waals surface area contributed by atoms with Crippen LogP contribution in [0.1, 0.15) is 37.5 Å². The standard InChI is InChI=1S/C21H22F3NO/c1-13-11-15-9-10-25(19(26)20(2,3)4)18(15)17(12-13)14-5-7-16(8-6-14)21(22,23)24/h5-8,11-12H,9-10H2,1-4H3. The number of alkyl halides is 3. The molecular formula is C21H22F3NO. The Balaban J connectivity index is 2.11. The quantitative estimate of drug-likeness (QED) is 0.646. The van der Waals surface area contributed by atoms with E-state index in [1.54, 1.807) is 4.90 Å². The van der Waals surface area contributed by atoms with Crippen LogP contribution < -0.4 is 4.90 Å². The topological polar surface area (TPSA) is 20.3 Å². The van der Waals surface area contributed by atoms with Gasteiger partial charge in [0.2, 0.25) is 5.91 Å². The van der Waals surface area contributed by atoms with E-state index < -0.39 is 17.2 Å². The Morgan fingerprint density at radius 1 is 1.04 bits per heavy atom. The van der Waals surface area contributed by atoms with Crippen molar-refractivity contribution in [2.75, 3.05) is 11.4 Å². The van der Waals surface area contributed by atoms with E-state index in [0.717, 1.165) is 40.9 Å². The van der Waals surface area contributed by atoms with Gasteiger partial charge in [0.15, 0.2) is 0 Å². The molecule has 2 aromatic rings. The fourth-order valence-corrected chi connectivity index (χ4v) is 3.37. The monoisotopic (exact) mass is 361 g/mol. The summed E-state index contributed by atoms with van der Waals surface area (Å²) in [6.07, 6.45) is -3.60. The van der Waals surface area contributed by atoms with E-state index in [1.165, 1.54) is 12.1 Å². The minimum atomic E-state index is -4.36. The fourth-order valence-electron chi connectivity index (χ4n) is 3.37. The summed E-state index contributed by atoms with van der Waals surface area (Å²) in [6.45, 7) is 8.18. The summed E-state index contributed by atoms with van der Waals surface area (Å²) in [5.41, 5.74) is 3.23. The fraction of sp³-hybridized carbons (Fsp3) is 0.381. The molecule has 3 rings (SSSR count). The van der Waals surface area contributed by atoms with Gasteiger partial charge in [0, 0.05) is 17.5 Å². The second-order valence-electron chi connectivity index (χ2n) is 7.85. The molecule has 0 radical (unpaired) electrons. The number of halogens is 3. The Morgan fingerprint density at radius 3 is 2.19 bits per heavy atom. The smallest absolute Gasteiger partial charge is 0.311 e. The Labute approximate surface area is 151 Å². The Bertz CT molecular complexity index is 845. The zero-order valence-corrected chi connectivity index (χ0v) is 15.4. The van der Waals surface area contributed by atoms with Gasteiger partial charge in [-0.25, -0.2) is 0 Å². The van der Waals surface area contributed by atoms with Crippen molar-refractivity contribution in [3.63, 3.8) is 0 Å². The highest BCUT2D eigenvalue weighted by Gasteiger charge is 2.34. The predicted molar refractivity (Wildman–Crippen MR) is 97.1 cm³/mol. The maximum Gasteiger partial charge on any atom is 0.416 e. The predicted octanol–water partition coefficient (Wildman–Crippen LogP) is 5.62. The largest absolute Gasteiger partial charge is 0.416 e. The molecule has 0 unspecified atom stereocenters. The number of rotatable bonds is 1. The van der Waals surface area contributed by atoms with Crippen LogP contribution in [0.25, 0.3) is 11.1 Å². The summed E-state index contributed by atoms with van der Waals surface area (Å²) in [4.78, 5) is 14.6. The summed E-state index contributed by atoms with van der Waals surface area (Å²) in [6, 6.07) is 9.14. The molecule has 0 aromatic heterocycles. The van der Waals surface area contributed by atoms with Gasteiger partial charge in [-0.05, 0) is 42.7 Å². The van der Waals surface area contributed by atoms with Gasteiger partial charge in [0.25, 0.3) is 0 Å². The van der Waals surface area contributed by atoms with Crippen molar-refractivity contribution < 1.29 is 18.0 Å². The minimum Gasteiger partial charge on any atom is -0.311 e. The van der Waals surface area contributed by atoms with Gasteiger partial charge in [0.1, 0.15) is 0 Å². The number of hydrogen-bond donors (Lipinski definition) is 0. The number of aryl methyl sites for hydroxylation is 1. The number of anilines is 1. The van der Waals surface area contributed by atoms with Crippen LogP contribution in [0.3, 0.4) is 0 Å². The van der Waals surface area contributed by atoms with Crippen LogP contribution in [-0.4, -0.2) is 12.5 Å². The number of carbonyl (C=O) groups excluding carboxylic acids is 1. The van der Waals surface area contributed by atoms with E-state index in [1.807, 2.05) is 33.8 Å². The summed E-state index contributed by atoms with van der Waals surface area (Å²) in [7, 11) is 0. The Morgan fingerprint density at radius 2 is 1.65 bits per heavy atom. The minimum absolute atomic E-state index is 0.0215. The molecule has 1 heterocycles. The summed E-state index contributed by atoms with van der Waals surface area (Å²) in [5, 5.41) is 0. The maximum absolute atomic E-state index is 12.9. The molecule has 0 aliphatic carbocycles.